The molecule has 0 aliphatic rings. The van der Waals surface area contributed by atoms with Crippen LogP contribution in [-0.2, 0) is 0 Å². The summed E-state index contributed by atoms with van der Waals surface area (Å²) in [7, 11) is 0. The Bertz CT molecular complexity index is 837. The number of nitriles is 1. The van der Waals surface area contributed by atoms with Gasteiger partial charge in [-0.3, -0.25) is 0 Å². The van der Waals surface area contributed by atoms with Gasteiger partial charge in [0.1, 0.15) is 11.1 Å². The van der Waals surface area contributed by atoms with Crippen LogP contribution in [0.2, 0.25) is 10.0 Å². The summed E-state index contributed by atoms with van der Waals surface area (Å²) in [5, 5.41) is 11.1. The summed E-state index contributed by atoms with van der Waals surface area (Å²) in [4.78, 5) is 4.48. The average Bonchev–Trinajstić information content (AvgIpc) is 2.90. The fourth-order valence-electron chi connectivity index (χ4n) is 1.92. The Morgan fingerprint density at radius 2 is 1.81 bits per heavy atom. The minimum Gasteiger partial charge on any atom is -0.235 e. The number of para-hydroxylation sites is 1. The van der Waals surface area contributed by atoms with Gasteiger partial charge in [0.2, 0.25) is 0 Å². The maximum atomic E-state index is 9.41. The van der Waals surface area contributed by atoms with E-state index in [-0.39, 0.29) is 0 Å². The molecule has 1 heterocycles. The zero-order valence-electron chi connectivity index (χ0n) is 10.7. The molecule has 0 atom stereocenters. The highest BCUT2D eigenvalue weighted by Crippen LogP contribution is 2.31. The predicted molar refractivity (Wildman–Crippen MR) is 89.6 cm³/mol. The fourth-order valence-corrected chi connectivity index (χ4v) is 3.36. The van der Waals surface area contributed by atoms with E-state index in [1.165, 1.54) is 11.3 Å². The van der Waals surface area contributed by atoms with E-state index in [1.54, 1.807) is 24.3 Å². The summed E-state index contributed by atoms with van der Waals surface area (Å²) >= 11 is 13.8. The SMILES string of the molecule is N#C/C(=C\c1c(Cl)cccc1Cl)c1nc2ccccc2s1. The number of aromatic nitrogens is 1. The van der Waals surface area contributed by atoms with E-state index in [0.717, 1.165) is 10.2 Å². The number of rotatable bonds is 2. The van der Waals surface area contributed by atoms with Crippen molar-refractivity contribution in [1.82, 2.24) is 4.98 Å². The molecule has 2 aromatic carbocycles. The van der Waals surface area contributed by atoms with Crippen LogP contribution in [0.3, 0.4) is 0 Å². The molecule has 102 valence electrons. The van der Waals surface area contributed by atoms with Crippen LogP contribution in [0.25, 0.3) is 21.9 Å². The van der Waals surface area contributed by atoms with E-state index in [0.29, 0.717) is 26.2 Å². The predicted octanol–water partition coefficient (Wildman–Crippen LogP) is 5.67. The van der Waals surface area contributed by atoms with Gasteiger partial charge in [-0.1, -0.05) is 41.4 Å². The first-order valence-corrected chi connectivity index (χ1v) is 7.68. The maximum Gasteiger partial charge on any atom is 0.135 e. The highest BCUT2D eigenvalue weighted by atomic mass is 35.5. The number of allylic oxidation sites excluding steroid dienone is 1. The molecule has 0 radical (unpaired) electrons. The van der Waals surface area contributed by atoms with Gasteiger partial charge < -0.3 is 0 Å². The van der Waals surface area contributed by atoms with Crippen molar-refractivity contribution >= 4 is 56.4 Å². The van der Waals surface area contributed by atoms with Gasteiger partial charge in [-0.05, 0) is 30.3 Å². The summed E-state index contributed by atoms with van der Waals surface area (Å²) in [6, 6.07) is 15.2. The van der Waals surface area contributed by atoms with Gasteiger partial charge in [-0.2, -0.15) is 5.26 Å². The van der Waals surface area contributed by atoms with Crippen molar-refractivity contribution in [2.24, 2.45) is 0 Å². The summed E-state index contributed by atoms with van der Waals surface area (Å²) in [5.74, 6) is 0. The molecule has 5 heteroatoms. The molecule has 1 aromatic heterocycles. The van der Waals surface area contributed by atoms with Crippen molar-refractivity contribution in [3.63, 3.8) is 0 Å². The minimum absolute atomic E-state index is 0.450. The lowest BCUT2D eigenvalue weighted by molar-refractivity contribution is 1.43. The van der Waals surface area contributed by atoms with Crippen LogP contribution in [0.1, 0.15) is 10.6 Å². The monoisotopic (exact) mass is 330 g/mol. The Morgan fingerprint density at radius 3 is 2.48 bits per heavy atom. The van der Waals surface area contributed by atoms with Gasteiger partial charge >= 0.3 is 0 Å². The van der Waals surface area contributed by atoms with E-state index in [2.05, 4.69) is 11.1 Å². The molecule has 21 heavy (non-hydrogen) atoms. The Labute approximate surface area is 135 Å². The van der Waals surface area contributed by atoms with Crippen LogP contribution >= 0.6 is 34.5 Å². The fraction of sp³-hybridized carbons (Fsp3) is 0. The number of thiazole rings is 1. The Hall–Kier alpha value is -1.86. The Kier molecular flexibility index (Phi) is 3.94. The quantitative estimate of drug-likeness (QED) is 0.568. The summed E-state index contributed by atoms with van der Waals surface area (Å²) < 4.78 is 1.04. The molecule has 0 saturated carbocycles. The maximum absolute atomic E-state index is 9.41. The van der Waals surface area contributed by atoms with Crippen LogP contribution in [0.15, 0.2) is 42.5 Å². The van der Waals surface area contributed by atoms with Gasteiger partial charge in [-0.15, -0.1) is 11.3 Å². The van der Waals surface area contributed by atoms with Gasteiger partial charge in [0.05, 0.1) is 15.8 Å². The van der Waals surface area contributed by atoms with E-state index in [1.807, 2.05) is 24.3 Å². The minimum atomic E-state index is 0.450. The third-order valence-corrected chi connectivity index (χ3v) is 4.66. The molecular formula is C16H8Cl2N2S. The van der Waals surface area contributed by atoms with Crippen molar-refractivity contribution in [3.05, 3.63) is 63.1 Å². The molecule has 0 bridgehead atoms. The van der Waals surface area contributed by atoms with Crippen molar-refractivity contribution in [3.8, 4) is 6.07 Å². The molecule has 0 aliphatic carbocycles. The Morgan fingerprint density at radius 1 is 1.10 bits per heavy atom. The second-order valence-corrected chi connectivity index (χ2v) is 6.14. The molecule has 0 fully saturated rings. The van der Waals surface area contributed by atoms with Crippen molar-refractivity contribution < 1.29 is 0 Å². The van der Waals surface area contributed by atoms with Gasteiger partial charge in [0.15, 0.2) is 0 Å². The summed E-state index contributed by atoms with van der Waals surface area (Å²) in [5.41, 5.74) is 1.96. The molecule has 3 aromatic rings. The molecular weight excluding hydrogens is 323 g/mol. The van der Waals surface area contributed by atoms with Gasteiger partial charge in [0, 0.05) is 15.6 Å². The highest BCUT2D eigenvalue weighted by molar-refractivity contribution is 7.19. The number of nitrogens with zero attached hydrogens (tertiary/aromatic N) is 2. The van der Waals surface area contributed by atoms with Crippen LogP contribution in [0.5, 0.6) is 0 Å². The van der Waals surface area contributed by atoms with Crippen molar-refractivity contribution in [2.75, 3.05) is 0 Å². The summed E-state index contributed by atoms with van der Waals surface area (Å²) in [6.45, 7) is 0. The molecule has 2 nitrogen and oxygen atoms in total. The third kappa shape index (κ3) is 2.79. The van der Waals surface area contributed by atoms with Crippen LogP contribution in [0.4, 0.5) is 0 Å². The molecule has 0 unspecified atom stereocenters. The normalized spacial score (nSPS) is 11.6. The van der Waals surface area contributed by atoms with E-state index in [9.17, 15) is 5.26 Å². The zero-order valence-corrected chi connectivity index (χ0v) is 13.0. The standard InChI is InChI=1S/C16H8Cl2N2S/c17-12-4-3-5-13(18)11(12)8-10(9-19)16-20-14-6-1-2-7-15(14)21-16/h1-8H/b10-8+. The second-order valence-electron chi connectivity index (χ2n) is 4.29. The van der Waals surface area contributed by atoms with Gasteiger partial charge in [0.25, 0.3) is 0 Å². The molecule has 3 rings (SSSR count). The lowest BCUT2D eigenvalue weighted by Gasteiger charge is -2.01. The largest absolute Gasteiger partial charge is 0.235 e. The zero-order chi connectivity index (χ0) is 14.8. The highest BCUT2D eigenvalue weighted by Gasteiger charge is 2.11. The lowest BCUT2D eigenvalue weighted by atomic mass is 10.1. The first kappa shape index (κ1) is 14.1. The summed E-state index contributed by atoms with van der Waals surface area (Å²) in [6.07, 6.45) is 1.68. The first-order chi connectivity index (χ1) is 10.2. The van der Waals surface area contributed by atoms with Crippen LogP contribution in [0, 0.1) is 11.3 Å². The first-order valence-electron chi connectivity index (χ1n) is 6.11. The average molecular weight is 331 g/mol. The number of benzene rings is 2. The van der Waals surface area contributed by atoms with Gasteiger partial charge in [-0.25, -0.2) is 4.98 Å². The molecule has 0 amide bonds. The van der Waals surface area contributed by atoms with Crippen molar-refractivity contribution in [2.45, 2.75) is 0 Å². The second kappa shape index (κ2) is 5.87. The van der Waals surface area contributed by atoms with Crippen molar-refractivity contribution in [1.29, 1.82) is 5.26 Å². The molecule has 0 spiro atoms. The van der Waals surface area contributed by atoms with E-state index >= 15 is 0 Å². The smallest absolute Gasteiger partial charge is 0.135 e. The number of fused-ring (bicyclic) bond motifs is 1. The van der Waals surface area contributed by atoms with E-state index < -0.39 is 0 Å². The number of hydrogen-bond donors (Lipinski definition) is 0. The topological polar surface area (TPSA) is 36.7 Å². The van der Waals surface area contributed by atoms with Crippen LogP contribution < -0.4 is 0 Å². The molecule has 0 aliphatic heterocycles. The number of halogens is 2. The number of hydrogen-bond acceptors (Lipinski definition) is 3. The molecule has 0 saturated heterocycles. The third-order valence-electron chi connectivity index (χ3n) is 2.93. The molecule has 0 N–H and O–H groups in total. The van der Waals surface area contributed by atoms with E-state index in [4.69, 9.17) is 23.2 Å². The Balaban J connectivity index is 2.14. The lowest BCUT2D eigenvalue weighted by Crippen LogP contribution is -1.83. The van der Waals surface area contributed by atoms with Crippen LogP contribution in [-0.4, -0.2) is 4.98 Å².